The highest BCUT2D eigenvalue weighted by molar-refractivity contribution is 7.89. The quantitative estimate of drug-likeness (QED) is 0.847. The number of sulfonamides is 1. The Bertz CT molecular complexity index is 594. The molecule has 2 rings (SSSR count). The van der Waals surface area contributed by atoms with E-state index in [-0.39, 0.29) is 11.4 Å². The van der Waals surface area contributed by atoms with Crippen molar-refractivity contribution in [3.8, 4) is 0 Å². The minimum atomic E-state index is -3.51. The second kappa shape index (κ2) is 5.33. The summed E-state index contributed by atoms with van der Waals surface area (Å²) in [5, 5.41) is 0. The monoisotopic (exact) mass is 260 g/mol. The Kier molecular flexibility index (Phi) is 3.79. The van der Waals surface area contributed by atoms with Gasteiger partial charge in [0, 0.05) is 13.6 Å². The molecule has 0 N–H and O–H groups in total. The molecular weight excluding hydrogens is 246 g/mol. The highest BCUT2D eigenvalue weighted by Crippen LogP contribution is 2.16. The van der Waals surface area contributed by atoms with Crippen molar-refractivity contribution in [3.05, 3.63) is 73.3 Å². The van der Waals surface area contributed by atoms with Gasteiger partial charge in [0.1, 0.15) is 0 Å². The summed E-state index contributed by atoms with van der Waals surface area (Å²) in [6.07, 6.45) is 0. The van der Waals surface area contributed by atoms with E-state index < -0.39 is 10.0 Å². The average molecular weight is 260 g/mol. The van der Waals surface area contributed by atoms with Crippen LogP contribution in [-0.4, -0.2) is 12.7 Å². The average Bonchev–Trinajstić information content (AvgIpc) is 2.41. The second-order valence-electron chi connectivity index (χ2n) is 3.91. The normalized spacial score (nSPS) is 11.7. The smallest absolute Gasteiger partial charge is 0.207 e. The lowest BCUT2D eigenvalue weighted by Gasteiger charge is -2.16. The van der Waals surface area contributed by atoms with Crippen LogP contribution in [-0.2, 0) is 16.6 Å². The topological polar surface area (TPSA) is 37.4 Å². The molecule has 0 spiro atoms. The number of hydrogen-bond acceptors (Lipinski definition) is 2. The minimum Gasteiger partial charge on any atom is -0.207 e. The number of benzene rings is 2. The van der Waals surface area contributed by atoms with E-state index in [2.05, 4.69) is 7.05 Å². The Labute approximate surface area is 108 Å². The van der Waals surface area contributed by atoms with Gasteiger partial charge in [-0.25, -0.2) is 8.42 Å². The summed E-state index contributed by atoms with van der Waals surface area (Å²) in [5.41, 5.74) is 0.909. The Morgan fingerprint density at radius 3 is 1.94 bits per heavy atom. The molecule has 3 nitrogen and oxygen atoms in total. The lowest BCUT2D eigenvalue weighted by atomic mass is 10.2. The maximum Gasteiger partial charge on any atom is 0.243 e. The molecule has 0 fully saturated rings. The molecule has 0 aliphatic heterocycles. The molecule has 0 aliphatic rings. The number of nitrogens with zero attached hydrogens (tertiary/aromatic N) is 1. The molecule has 2 aromatic rings. The summed E-state index contributed by atoms with van der Waals surface area (Å²) in [6, 6.07) is 17.7. The lowest BCUT2D eigenvalue weighted by molar-refractivity contribution is 0.492. The Balaban J connectivity index is 2.21. The maximum atomic E-state index is 12.2. The summed E-state index contributed by atoms with van der Waals surface area (Å²) < 4.78 is 25.5. The van der Waals surface area contributed by atoms with E-state index in [1.165, 1.54) is 0 Å². The van der Waals surface area contributed by atoms with Gasteiger partial charge in [-0.15, -0.1) is 0 Å². The van der Waals surface area contributed by atoms with Crippen LogP contribution in [0.4, 0.5) is 0 Å². The van der Waals surface area contributed by atoms with Crippen LogP contribution in [0.5, 0.6) is 0 Å². The number of rotatable bonds is 4. The Morgan fingerprint density at radius 1 is 0.889 bits per heavy atom. The van der Waals surface area contributed by atoms with Crippen LogP contribution in [0.1, 0.15) is 5.56 Å². The molecule has 0 amide bonds. The van der Waals surface area contributed by atoms with Gasteiger partial charge in [-0.05, 0) is 17.7 Å². The van der Waals surface area contributed by atoms with Gasteiger partial charge in [-0.3, -0.25) is 0 Å². The first-order chi connectivity index (χ1) is 8.60. The highest BCUT2D eigenvalue weighted by atomic mass is 32.2. The van der Waals surface area contributed by atoms with Crippen LogP contribution < -0.4 is 0 Å². The molecular formula is C14H14NO2S. The third-order valence-corrected chi connectivity index (χ3v) is 4.26. The van der Waals surface area contributed by atoms with E-state index in [9.17, 15) is 8.42 Å². The molecule has 0 aromatic heterocycles. The maximum absolute atomic E-state index is 12.2. The minimum absolute atomic E-state index is 0.260. The predicted octanol–water partition coefficient (Wildman–Crippen LogP) is 2.67. The predicted molar refractivity (Wildman–Crippen MR) is 71.0 cm³/mol. The second-order valence-corrected chi connectivity index (χ2v) is 5.85. The third-order valence-electron chi connectivity index (χ3n) is 2.58. The van der Waals surface area contributed by atoms with Crippen LogP contribution in [0, 0.1) is 7.05 Å². The van der Waals surface area contributed by atoms with E-state index in [0.717, 1.165) is 9.87 Å². The zero-order chi connectivity index (χ0) is 13.0. The van der Waals surface area contributed by atoms with Crippen molar-refractivity contribution in [3.63, 3.8) is 0 Å². The highest BCUT2D eigenvalue weighted by Gasteiger charge is 2.20. The first kappa shape index (κ1) is 12.8. The molecule has 0 aliphatic carbocycles. The van der Waals surface area contributed by atoms with Gasteiger partial charge >= 0.3 is 0 Å². The molecule has 0 bridgehead atoms. The fourth-order valence-corrected chi connectivity index (χ4v) is 2.73. The standard InChI is InChI=1S/C14H14NO2S/c1-15(12-13-8-4-2-5-9-13)18(16,17)14-10-6-3-7-11-14/h2-11H,1,12H2. The zero-order valence-electron chi connectivity index (χ0n) is 9.86. The Morgan fingerprint density at radius 2 is 1.39 bits per heavy atom. The van der Waals surface area contributed by atoms with Crippen molar-refractivity contribution in [2.45, 2.75) is 11.4 Å². The van der Waals surface area contributed by atoms with Gasteiger partial charge < -0.3 is 0 Å². The van der Waals surface area contributed by atoms with Gasteiger partial charge in [0.15, 0.2) is 0 Å². The zero-order valence-corrected chi connectivity index (χ0v) is 10.7. The van der Waals surface area contributed by atoms with E-state index in [1.54, 1.807) is 30.3 Å². The third kappa shape index (κ3) is 2.78. The molecule has 0 saturated heterocycles. The first-order valence-electron chi connectivity index (χ1n) is 5.53. The van der Waals surface area contributed by atoms with Crippen molar-refractivity contribution in [1.82, 2.24) is 4.31 Å². The van der Waals surface area contributed by atoms with Crippen molar-refractivity contribution >= 4 is 10.0 Å². The van der Waals surface area contributed by atoms with Crippen LogP contribution in [0.2, 0.25) is 0 Å². The molecule has 2 aromatic carbocycles. The van der Waals surface area contributed by atoms with Crippen LogP contribution >= 0.6 is 0 Å². The Hall–Kier alpha value is -1.65. The SMILES string of the molecule is [CH2]N(Cc1ccccc1)S(=O)(=O)c1ccccc1. The van der Waals surface area contributed by atoms with Crippen molar-refractivity contribution in [2.75, 3.05) is 0 Å². The van der Waals surface area contributed by atoms with Gasteiger partial charge in [-0.1, -0.05) is 48.5 Å². The molecule has 18 heavy (non-hydrogen) atoms. The van der Waals surface area contributed by atoms with Crippen molar-refractivity contribution < 1.29 is 8.42 Å². The van der Waals surface area contributed by atoms with E-state index in [4.69, 9.17) is 0 Å². The van der Waals surface area contributed by atoms with Crippen molar-refractivity contribution in [2.24, 2.45) is 0 Å². The summed E-state index contributed by atoms with van der Waals surface area (Å²) in [6.45, 7) is 0.262. The fourth-order valence-electron chi connectivity index (χ4n) is 1.61. The molecule has 0 heterocycles. The van der Waals surface area contributed by atoms with E-state index in [1.807, 2.05) is 30.3 Å². The summed E-state index contributed by atoms with van der Waals surface area (Å²) in [4.78, 5) is 0.260. The molecule has 4 heteroatoms. The van der Waals surface area contributed by atoms with Crippen molar-refractivity contribution in [1.29, 1.82) is 0 Å². The molecule has 0 saturated carbocycles. The van der Waals surface area contributed by atoms with Gasteiger partial charge in [-0.2, -0.15) is 4.31 Å². The summed E-state index contributed by atoms with van der Waals surface area (Å²) in [7, 11) is 0.112. The molecule has 0 unspecified atom stereocenters. The van der Waals surface area contributed by atoms with Gasteiger partial charge in [0.25, 0.3) is 0 Å². The van der Waals surface area contributed by atoms with E-state index in [0.29, 0.717) is 0 Å². The van der Waals surface area contributed by atoms with Crippen LogP contribution in [0.3, 0.4) is 0 Å². The summed E-state index contributed by atoms with van der Waals surface area (Å²) in [5.74, 6) is 0. The van der Waals surface area contributed by atoms with Gasteiger partial charge in [0.05, 0.1) is 4.90 Å². The first-order valence-corrected chi connectivity index (χ1v) is 6.97. The summed E-state index contributed by atoms with van der Waals surface area (Å²) >= 11 is 0. The lowest BCUT2D eigenvalue weighted by Crippen LogP contribution is -2.24. The number of hydrogen-bond donors (Lipinski definition) is 0. The van der Waals surface area contributed by atoms with Crippen LogP contribution in [0.15, 0.2) is 65.6 Å². The molecule has 0 atom stereocenters. The molecule has 1 radical (unpaired) electrons. The molecule has 93 valence electrons. The van der Waals surface area contributed by atoms with Crippen LogP contribution in [0.25, 0.3) is 0 Å². The largest absolute Gasteiger partial charge is 0.243 e. The van der Waals surface area contributed by atoms with Gasteiger partial charge in [0.2, 0.25) is 10.0 Å². The van der Waals surface area contributed by atoms with E-state index >= 15 is 0 Å². The fraction of sp³-hybridized carbons (Fsp3) is 0.0714.